The van der Waals surface area contributed by atoms with Crippen LogP contribution in [-0.4, -0.2) is 48.0 Å². The van der Waals surface area contributed by atoms with E-state index in [1.165, 1.54) is 4.88 Å². The van der Waals surface area contributed by atoms with Crippen LogP contribution >= 0.6 is 11.3 Å². The summed E-state index contributed by atoms with van der Waals surface area (Å²) in [6.45, 7) is 5.34. The first-order valence-electron chi connectivity index (χ1n) is 6.79. The molecule has 0 radical (unpaired) electrons. The van der Waals surface area contributed by atoms with Gasteiger partial charge < -0.3 is 11.1 Å². The SMILES string of the molecule is Cc1ncsc1CCN(CC(N)=O)C1CCNCC1. The van der Waals surface area contributed by atoms with E-state index in [4.69, 9.17) is 5.73 Å². The molecule has 6 heteroatoms. The fraction of sp³-hybridized carbons (Fsp3) is 0.692. The van der Waals surface area contributed by atoms with Gasteiger partial charge in [0.2, 0.25) is 5.91 Å². The van der Waals surface area contributed by atoms with Crippen molar-refractivity contribution in [3.8, 4) is 0 Å². The van der Waals surface area contributed by atoms with Crippen LogP contribution < -0.4 is 11.1 Å². The Morgan fingerprint density at radius 2 is 2.32 bits per heavy atom. The molecule has 1 fully saturated rings. The highest BCUT2D eigenvalue weighted by molar-refractivity contribution is 7.09. The van der Waals surface area contributed by atoms with Crippen LogP contribution in [0.5, 0.6) is 0 Å². The number of carbonyl (C=O) groups excluding carboxylic acids is 1. The van der Waals surface area contributed by atoms with Crippen LogP contribution in [0.15, 0.2) is 5.51 Å². The molecule has 2 rings (SSSR count). The highest BCUT2D eigenvalue weighted by Gasteiger charge is 2.22. The average Bonchev–Trinajstić information content (AvgIpc) is 2.81. The maximum absolute atomic E-state index is 11.2. The standard InChI is InChI=1S/C13H22N4OS/c1-10-12(19-9-16-10)4-7-17(8-13(14)18)11-2-5-15-6-3-11/h9,11,15H,2-8H2,1H3,(H2,14,18). The van der Waals surface area contributed by atoms with Gasteiger partial charge in [0.25, 0.3) is 0 Å². The minimum Gasteiger partial charge on any atom is -0.369 e. The monoisotopic (exact) mass is 282 g/mol. The smallest absolute Gasteiger partial charge is 0.231 e. The molecule has 0 spiro atoms. The summed E-state index contributed by atoms with van der Waals surface area (Å²) in [6.07, 6.45) is 3.14. The molecule has 106 valence electrons. The van der Waals surface area contributed by atoms with Crippen molar-refractivity contribution in [3.63, 3.8) is 0 Å². The first-order valence-corrected chi connectivity index (χ1v) is 7.67. The van der Waals surface area contributed by atoms with Gasteiger partial charge >= 0.3 is 0 Å². The lowest BCUT2D eigenvalue weighted by atomic mass is 10.0. The summed E-state index contributed by atoms with van der Waals surface area (Å²) in [6, 6.07) is 0.474. The van der Waals surface area contributed by atoms with E-state index >= 15 is 0 Å². The molecule has 1 aromatic heterocycles. The number of thiazole rings is 1. The molecule has 1 saturated heterocycles. The number of carbonyl (C=O) groups is 1. The first kappa shape index (κ1) is 14.4. The molecule has 3 N–H and O–H groups in total. The van der Waals surface area contributed by atoms with Gasteiger partial charge in [0.1, 0.15) is 0 Å². The lowest BCUT2D eigenvalue weighted by Crippen LogP contribution is -2.47. The van der Waals surface area contributed by atoms with Crippen LogP contribution in [0.3, 0.4) is 0 Å². The van der Waals surface area contributed by atoms with Gasteiger partial charge in [0, 0.05) is 17.5 Å². The van der Waals surface area contributed by atoms with Gasteiger partial charge in [0.15, 0.2) is 0 Å². The van der Waals surface area contributed by atoms with E-state index in [-0.39, 0.29) is 5.91 Å². The second kappa shape index (κ2) is 6.98. The van der Waals surface area contributed by atoms with E-state index in [1.807, 2.05) is 12.4 Å². The Morgan fingerprint density at radius 1 is 1.58 bits per heavy atom. The number of primary amides is 1. The van der Waals surface area contributed by atoms with Crippen LogP contribution in [-0.2, 0) is 11.2 Å². The molecule has 0 saturated carbocycles. The number of hydrogen-bond acceptors (Lipinski definition) is 5. The largest absolute Gasteiger partial charge is 0.369 e. The van der Waals surface area contributed by atoms with Crippen LogP contribution in [0.4, 0.5) is 0 Å². The topological polar surface area (TPSA) is 71.2 Å². The second-order valence-electron chi connectivity index (χ2n) is 5.03. The maximum atomic E-state index is 11.2. The predicted molar refractivity (Wildman–Crippen MR) is 77.2 cm³/mol. The zero-order valence-electron chi connectivity index (χ0n) is 11.4. The summed E-state index contributed by atoms with van der Waals surface area (Å²) in [5, 5.41) is 3.35. The van der Waals surface area contributed by atoms with Crippen molar-refractivity contribution in [2.45, 2.75) is 32.2 Å². The number of nitrogens with zero attached hydrogens (tertiary/aromatic N) is 2. The number of rotatable bonds is 6. The average molecular weight is 282 g/mol. The molecule has 1 aliphatic rings. The van der Waals surface area contributed by atoms with Gasteiger partial charge in [-0.1, -0.05) is 0 Å². The summed E-state index contributed by atoms with van der Waals surface area (Å²) in [5.41, 5.74) is 8.36. The molecule has 2 heterocycles. The van der Waals surface area contributed by atoms with Gasteiger partial charge in [-0.05, 0) is 39.3 Å². The van der Waals surface area contributed by atoms with Gasteiger partial charge in [0.05, 0.1) is 17.7 Å². The molecule has 5 nitrogen and oxygen atoms in total. The van der Waals surface area contributed by atoms with Crippen molar-refractivity contribution in [1.29, 1.82) is 0 Å². The molecule has 1 aliphatic heterocycles. The third kappa shape index (κ3) is 4.26. The summed E-state index contributed by atoms with van der Waals surface area (Å²) >= 11 is 1.69. The Hall–Kier alpha value is -0.980. The Kier molecular flexibility index (Phi) is 5.30. The Morgan fingerprint density at radius 3 is 2.89 bits per heavy atom. The Bertz CT molecular complexity index is 415. The lowest BCUT2D eigenvalue weighted by molar-refractivity contribution is -0.119. The Labute approximate surface area is 118 Å². The minimum atomic E-state index is -0.237. The normalized spacial score (nSPS) is 16.9. The number of piperidine rings is 1. The van der Waals surface area contributed by atoms with Crippen molar-refractivity contribution in [2.24, 2.45) is 5.73 Å². The minimum absolute atomic E-state index is 0.237. The molecule has 1 amide bonds. The van der Waals surface area contributed by atoms with Gasteiger partial charge in [-0.15, -0.1) is 11.3 Å². The highest BCUT2D eigenvalue weighted by Crippen LogP contribution is 2.16. The molecular weight excluding hydrogens is 260 g/mol. The van der Waals surface area contributed by atoms with E-state index in [2.05, 4.69) is 15.2 Å². The highest BCUT2D eigenvalue weighted by atomic mass is 32.1. The molecule has 19 heavy (non-hydrogen) atoms. The molecule has 0 aliphatic carbocycles. The van der Waals surface area contributed by atoms with E-state index in [0.29, 0.717) is 12.6 Å². The van der Waals surface area contributed by atoms with Crippen LogP contribution in [0.2, 0.25) is 0 Å². The quantitative estimate of drug-likeness (QED) is 0.798. The van der Waals surface area contributed by atoms with Crippen LogP contribution in [0, 0.1) is 6.92 Å². The zero-order valence-corrected chi connectivity index (χ0v) is 12.2. The van der Waals surface area contributed by atoms with E-state index < -0.39 is 0 Å². The fourth-order valence-corrected chi connectivity index (χ4v) is 3.34. The lowest BCUT2D eigenvalue weighted by Gasteiger charge is -2.33. The summed E-state index contributed by atoms with van der Waals surface area (Å²) < 4.78 is 0. The molecule has 0 unspecified atom stereocenters. The second-order valence-corrected chi connectivity index (χ2v) is 5.97. The van der Waals surface area contributed by atoms with Gasteiger partial charge in [-0.3, -0.25) is 9.69 Å². The summed E-state index contributed by atoms with van der Waals surface area (Å²) in [4.78, 5) is 19.0. The number of aryl methyl sites for hydroxylation is 1. The van der Waals surface area contributed by atoms with Crippen molar-refractivity contribution in [2.75, 3.05) is 26.2 Å². The molecule has 0 bridgehead atoms. The summed E-state index contributed by atoms with van der Waals surface area (Å²) in [5.74, 6) is -0.237. The van der Waals surface area contributed by atoms with E-state index in [9.17, 15) is 4.79 Å². The molecular formula is C13H22N4OS. The number of amides is 1. The molecule has 0 aromatic carbocycles. The third-order valence-corrected chi connectivity index (χ3v) is 4.65. The zero-order chi connectivity index (χ0) is 13.7. The third-order valence-electron chi connectivity index (χ3n) is 3.65. The maximum Gasteiger partial charge on any atom is 0.231 e. The van der Waals surface area contributed by atoms with Crippen molar-refractivity contribution in [1.82, 2.24) is 15.2 Å². The van der Waals surface area contributed by atoms with Gasteiger partial charge in [-0.2, -0.15) is 0 Å². The Balaban J connectivity index is 1.93. The number of nitrogens with one attached hydrogen (secondary N) is 1. The van der Waals surface area contributed by atoms with Crippen LogP contribution in [0.25, 0.3) is 0 Å². The fourth-order valence-electron chi connectivity index (χ4n) is 2.57. The van der Waals surface area contributed by atoms with Crippen molar-refractivity contribution in [3.05, 3.63) is 16.1 Å². The molecule has 0 atom stereocenters. The van der Waals surface area contributed by atoms with Crippen molar-refractivity contribution < 1.29 is 4.79 Å². The summed E-state index contributed by atoms with van der Waals surface area (Å²) in [7, 11) is 0. The predicted octanol–water partition coefficient (Wildman–Crippen LogP) is 0.533. The van der Waals surface area contributed by atoms with E-state index in [1.54, 1.807) is 11.3 Å². The number of nitrogens with two attached hydrogens (primary N) is 1. The van der Waals surface area contributed by atoms with E-state index in [0.717, 1.165) is 44.6 Å². The van der Waals surface area contributed by atoms with Gasteiger partial charge in [-0.25, -0.2) is 4.98 Å². The first-order chi connectivity index (χ1) is 9.16. The number of aromatic nitrogens is 1. The molecule has 1 aromatic rings. The number of hydrogen-bond donors (Lipinski definition) is 2. The van der Waals surface area contributed by atoms with Crippen LogP contribution in [0.1, 0.15) is 23.4 Å². The van der Waals surface area contributed by atoms with Crippen molar-refractivity contribution >= 4 is 17.2 Å².